The highest BCUT2D eigenvalue weighted by molar-refractivity contribution is 5.87. The minimum atomic E-state index is -0.892. The zero-order chi connectivity index (χ0) is 9.14. The molecule has 1 saturated heterocycles. The molecule has 0 saturated carbocycles. The van der Waals surface area contributed by atoms with E-state index in [0.717, 1.165) is 0 Å². The van der Waals surface area contributed by atoms with Crippen LogP contribution < -0.4 is 5.32 Å². The van der Waals surface area contributed by atoms with E-state index in [2.05, 4.69) is 5.32 Å². The second kappa shape index (κ2) is 3.67. The zero-order valence-electron chi connectivity index (χ0n) is 7.04. The van der Waals surface area contributed by atoms with Gasteiger partial charge in [-0.1, -0.05) is 6.92 Å². The molecule has 1 fully saturated rings. The van der Waals surface area contributed by atoms with E-state index in [1.54, 1.807) is 6.92 Å². The Balaban J connectivity index is 2.59. The van der Waals surface area contributed by atoms with Gasteiger partial charge in [-0.15, -0.1) is 0 Å². The summed E-state index contributed by atoms with van der Waals surface area (Å²) in [5.41, 5.74) is 0. The van der Waals surface area contributed by atoms with Gasteiger partial charge in [-0.05, 0) is 0 Å². The quantitative estimate of drug-likeness (QED) is 0.608. The number of hydrogen-bond donors (Lipinski definition) is 2. The Bertz CT molecular complexity index is 202. The average Bonchev–Trinajstić information content (AvgIpc) is 2.04. The lowest BCUT2D eigenvalue weighted by molar-refractivity contribution is -0.146. The molecule has 1 aliphatic heterocycles. The van der Waals surface area contributed by atoms with Crippen molar-refractivity contribution in [2.45, 2.75) is 13.3 Å². The third-order valence-electron chi connectivity index (χ3n) is 2.32. The van der Waals surface area contributed by atoms with Gasteiger partial charge in [-0.2, -0.15) is 0 Å². The van der Waals surface area contributed by atoms with Gasteiger partial charge in [0.2, 0.25) is 0 Å². The first kappa shape index (κ1) is 9.19. The molecule has 4 heteroatoms. The Hall–Kier alpha value is -0.900. The summed E-state index contributed by atoms with van der Waals surface area (Å²) in [4.78, 5) is 21.8. The number of piperidine rings is 1. The first-order valence-corrected chi connectivity index (χ1v) is 4.09. The molecule has 2 atom stereocenters. The van der Waals surface area contributed by atoms with Gasteiger partial charge in [0.1, 0.15) is 5.78 Å². The number of ketones is 1. The van der Waals surface area contributed by atoms with Crippen molar-refractivity contribution in [1.29, 1.82) is 0 Å². The molecule has 12 heavy (non-hydrogen) atoms. The predicted molar refractivity (Wildman–Crippen MR) is 42.8 cm³/mol. The smallest absolute Gasteiger partial charge is 0.306 e. The molecule has 1 rings (SSSR count). The number of rotatable bonds is 2. The maximum Gasteiger partial charge on any atom is 0.306 e. The maximum atomic E-state index is 11.2. The van der Waals surface area contributed by atoms with Gasteiger partial charge >= 0.3 is 5.97 Å². The number of Topliss-reactive ketones (excluding diaryl/α,β-unsaturated/α-hetero) is 1. The third kappa shape index (κ3) is 1.82. The minimum absolute atomic E-state index is 0.0728. The molecule has 68 valence electrons. The van der Waals surface area contributed by atoms with E-state index in [0.29, 0.717) is 19.5 Å². The van der Waals surface area contributed by atoms with Crippen LogP contribution in [0.4, 0.5) is 0 Å². The molecular formula is C8H13NO3. The van der Waals surface area contributed by atoms with Crippen molar-refractivity contribution in [3.8, 4) is 0 Å². The van der Waals surface area contributed by atoms with Crippen LogP contribution in [0.3, 0.4) is 0 Å². The highest BCUT2D eigenvalue weighted by atomic mass is 16.4. The number of carboxylic acid groups (broad SMARTS) is 1. The molecule has 0 aliphatic carbocycles. The lowest BCUT2D eigenvalue weighted by Crippen LogP contribution is -2.42. The molecule has 0 amide bonds. The normalized spacial score (nSPS) is 26.8. The van der Waals surface area contributed by atoms with Crippen molar-refractivity contribution in [2.75, 3.05) is 13.1 Å². The van der Waals surface area contributed by atoms with Crippen molar-refractivity contribution in [3.05, 3.63) is 0 Å². The van der Waals surface area contributed by atoms with Gasteiger partial charge in [0.05, 0.1) is 5.92 Å². The highest BCUT2D eigenvalue weighted by Crippen LogP contribution is 2.16. The fourth-order valence-corrected chi connectivity index (χ4v) is 1.40. The zero-order valence-corrected chi connectivity index (χ0v) is 7.04. The summed E-state index contributed by atoms with van der Waals surface area (Å²) >= 11 is 0. The molecule has 4 nitrogen and oxygen atoms in total. The van der Waals surface area contributed by atoms with Crippen molar-refractivity contribution in [3.63, 3.8) is 0 Å². The van der Waals surface area contributed by atoms with E-state index in [-0.39, 0.29) is 11.7 Å². The monoisotopic (exact) mass is 171 g/mol. The van der Waals surface area contributed by atoms with E-state index in [4.69, 9.17) is 5.11 Å². The van der Waals surface area contributed by atoms with Crippen LogP contribution in [0.1, 0.15) is 13.3 Å². The van der Waals surface area contributed by atoms with Gasteiger partial charge in [-0.25, -0.2) is 0 Å². The third-order valence-corrected chi connectivity index (χ3v) is 2.32. The van der Waals surface area contributed by atoms with Crippen LogP contribution in [0, 0.1) is 11.8 Å². The summed E-state index contributed by atoms with van der Waals surface area (Å²) in [7, 11) is 0. The second-order valence-electron chi connectivity index (χ2n) is 3.15. The van der Waals surface area contributed by atoms with E-state index in [9.17, 15) is 9.59 Å². The fraction of sp³-hybridized carbons (Fsp3) is 0.750. The van der Waals surface area contributed by atoms with Crippen molar-refractivity contribution in [1.82, 2.24) is 5.32 Å². The van der Waals surface area contributed by atoms with Crippen LogP contribution >= 0.6 is 0 Å². The molecule has 0 aromatic heterocycles. The molecule has 0 aromatic carbocycles. The number of nitrogens with one attached hydrogen (secondary N) is 1. The van der Waals surface area contributed by atoms with Gasteiger partial charge < -0.3 is 10.4 Å². The molecule has 2 unspecified atom stereocenters. The summed E-state index contributed by atoms with van der Waals surface area (Å²) in [6.45, 7) is 2.77. The Morgan fingerprint density at radius 1 is 1.75 bits per heavy atom. The molecule has 0 radical (unpaired) electrons. The summed E-state index contributed by atoms with van der Waals surface area (Å²) in [6.07, 6.45) is 0.461. The predicted octanol–water partition coefficient (Wildman–Crippen LogP) is -0.114. The topological polar surface area (TPSA) is 66.4 Å². The van der Waals surface area contributed by atoms with E-state index in [1.165, 1.54) is 0 Å². The lowest BCUT2D eigenvalue weighted by Gasteiger charge is -2.24. The Kier molecular flexibility index (Phi) is 2.81. The number of aliphatic carboxylic acids is 1. The maximum absolute atomic E-state index is 11.2. The molecule has 0 spiro atoms. The van der Waals surface area contributed by atoms with E-state index >= 15 is 0 Å². The first-order chi connectivity index (χ1) is 5.63. The van der Waals surface area contributed by atoms with Crippen molar-refractivity contribution in [2.24, 2.45) is 11.8 Å². The SMILES string of the molecule is CC(C(=O)O)C1CNCCC1=O. The summed E-state index contributed by atoms with van der Waals surface area (Å²) in [5, 5.41) is 11.7. The number of hydrogen-bond acceptors (Lipinski definition) is 3. The molecular weight excluding hydrogens is 158 g/mol. The average molecular weight is 171 g/mol. The molecule has 0 bridgehead atoms. The van der Waals surface area contributed by atoms with E-state index < -0.39 is 11.9 Å². The van der Waals surface area contributed by atoms with E-state index in [1.807, 2.05) is 0 Å². The molecule has 2 N–H and O–H groups in total. The Morgan fingerprint density at radius 3 is 2.92 bits per heavy atom. The van der Waals surface area contributed by atoms with Gasteiger partial charge in [-0.3, -0.25) is 9.59 Å². The second-order valence-corrected chi connectivity index (χ2v) is 3.15. The first-order valence-electron chi connectivity index (χ1n) is 4.09. The van der Waals surface area contributed by atoms with Crippen LogP contribution in [0.2, 0.25) is 0 Å². The Labute approximate surface area is 71.0 Å². The van der Waals surface area contributed by atoms with Crippen LogP contribution in [-0.4, -0.2) is 29.9 Å². The Morgan fingerprint density at radius 2 is 2.42 bits per heavy atom. The van der Waals surface area contributed by atoms with Crippen LogP contribution in [0.25, 0.3) is 0 Å². The number of carbonyl (C=O) groups excluding carboxylic acids is 1. The molecule has 1 heterocycles. The fourth-order valence-electron chi connectivity index (χ4n) is 1.40. The standard InChI is InChI=1S/C8H13NO3/c1-5(8(11)12)6-4-9-3-2-7(6)10/h5-6,9H,2-4H2,1H3,(H,11,12). The minimum Gasteiger partial charge on any atom is -0.481 e. The van der Waals surface area contributed by atoms with Crippen molar-refractivity contribution < 1.29 is 14.7 Å². The van der Waals surface area contributed by atoms with Gasteiger partial charge in [0, 0.05) is 25.4 Å². The molecule has 0 aromatic rings. The van der Waals surface area contributed by atoms with Crippen LogP contribution in [0.15, 0.2) is 0 Å². The van der Waals surface area contributed by atoms with Crippen LogP contribution in [-0.2, 0) is 9.59 Å². The lowest BCUT2D eigenvalue weighted by atomic mass is 9.86. The summed E-state index contributed by atoms with van der Waals surface area (Å²) < 4.78 is 0. The van der Waals surface area contributed by atoms with Crippen molar-refractivity contribution >= 4 is 11.8 Å². The number of carboxylic acids is 1. The van der Waals surface area contributed by atoms with Gasteiger partial charge in [0.15, 0.2) is 0 Å². The molecule has 1 aliphatic rings. The largest absolute Gasteiger partial charge is 0.481 e. The van der Waals surface area contributed by atoms with Gasteiger partial charge in [0.25, 0.3) is 0 Å². The summed E-state index contributed by atoms with van der Waals surface area (Å²) in [5.74, 6) is -1.72. The number of carbonyl (C=O) groups is 2. The summed E-state index contributed by atoms with van der Waals surface area (Å²) in [6, 6.07) is 0. The highest BCUT2D eigenvalue weighted by Gasteiger charge is 2.31. The van der Waals surface area contributed by atoms with Crippen LogP contribution in [0.5, 0.6) is 0 Å².